The average molecular weight is 276 g/mol. The van der Waals surface area contributed by atoms with E-state index in [4.69, 9.17) is 0 Å². The van der Waals surface area contributed by atoms with Gasteiger partial charge < -0.3 is 10.2 Å². The molecule has 1 aromatic heterocycles. The van der Waals surface area contributed by atoms with Gasteiger partial charge in [0, 0.05) is 38.4 Å². The summed E-state index contributed by atoms with van der Waals surface area (Å²) in [5.74, 6) is 1.12. The summed E-state index contributed by atoms with van der Waals surface area (Å²) >= 11 is 0. The Morgan fingerprint density at radius 2 is 2.05 bits per heavy atom. The summed E-state index contributed by atoms with van der Waals surface area (Å²) in [6.07, 6.45) is 4.33. The molecule has 4 nitrogen and oxygen atoms in total. The third-order valence-electron chi connectivity index (χ3n) is 3.97. The summed E-state index contributed by atoms with van der Waals surface area (Å²) < 4.78 is 0. The van der Waals surface area contributed by atoms with Crippen LogP contribution in [0.25, 0.3) is 0 Å². The quantitative estimate of drug-likeness (QED) is 0.825. The van der Waals surface area contributed by atoms with E-state index < -0.39 is 0 Å². The Morgan fingerprint density at radius 3 is 2.70 bits per heavy atom. The van der Waals surface area contributed by atoms with Gasteiger partial charge in [-0.3, -0.25) is 4.90 Å². The van der Waals surface area contributed by atoms with Crippen molar-refractivity contribution in [2.75, 3.05) is 44.2 Å². The van der Waals surface area contributed by atoms with Crippen LogP contribution in [0, 0.1) is 0 Å². The molecule has 0 spiro atoms. The molecule has 1 N–H and O–H groups in total. The second-order valence-electron chi connectivity index (χ2n) is 5.66. The Bertz CT molecular complexity index is 360. The second kappa shape index (κ2) is 8.22. The fourth-order valence-corrected chi connectivity index (χ4v) is 2.61. The average Bonchev–Trinajstić information content (AvgIpc) is 2.52. The van der Waals surface area contributed by atoms with Gasteiger partial charge in [-0.25, -0.2) is 4.98 Å². The van der Waals surface area contributed by atoms with Crippen molar-refractivity contribution in [2.45, 2.75) is 32.7 Å². The van der Waals surface area contributed by atoms with E-state index in [0.29, 0.717) is 6.04 Å². The van der Waals surface area contributed by atoms with Crippen LogP contribution in [0.1, 0.15) is 26.7 Å². The zero-order valence-corrected chi connectivity index (χ0v) is 12.9. The van der Waals surface area contributed by atoms with E-state index in [-0.39, 0.29) is 0 Å². The molecule has 2 heterocycles. The van der Waals surface area contributed by atoms with Gasteiger partial charge in [-0.05, 0) is 45.0 Å². The van der Waals surface area contributed by atoms with Gasteiger partial charge in [-0.2, -0.15) is 0 Å². The topological polar surface area (TPSA) is 31.4 Å². The van der Waals surface area contributed by atoms with Crippen LogP contribution in [0.15, 0.2) is 24.4 Å². The van der Waals surface area contributed by atoms with Crippen LogP contribution in [-0.4, -0.2) is 55.2 Å². The van der Waals surface area contributed by atoms with Gasteiger partial charge in [0.2, 0.25) is 0 Å². The van der Waals surface area contributed by atoms with Gasteiger partial charge in [0.1, 0.15) is 5.82 Å². The molecule has 0 aromatic carbocycles. The van der Waals surface area contributed by atoms with Gasteiger partial charge >= 0.3 is 0 Å². The molecular weight excluding hydrogens is 248 g/mol. The molecule has 0 amide bonds. The predicted octanol–water partition coefficient (Wildman–Crippen LogP) is 1.98. The SMILES string of the molecule is CCCNC(C)CCN1CCN(c2ccccn2)CC1. The lowest BCUT2D eigenvalue weighted by molar-refractivity contribution is 0.244. The van der Waals surface area contributed by atoms with Crippen molar-refractivity contribution in [3.8, 4) is 0 Å². The maximum absolute atomic E-state index is 4.43. The van der Waals surface area contributed by atoms with E-state index in [9.17, 15) is 0 Å². The number of anilines is 1. The van der Waals surface area contributed by atoms with Crippen LogP contribution < -0.4 is 10.2 Å². The lowest BCUT2D eigenvalue weighted by atomic mass is 10.2. The first-order valence-corrected chi connectivity index (χ1v) is 7.91. The van der Waals surface area contributed by atoms with Crippen molar-refractivity contribution in [1.82, 2.24) is 15.2 Å². The maximum Gasteiger partial charge on any atom is 0.128 e. The molecule has 2 rings (SSSR count). The second-order valence-corrected chi connectivity index (χ2v) is 5.66. The highest BCUT2D eigenvalue weighted by atomic mass is 15.3. The first kappa shape index (κ1) is 15.3. The van der Waals surface area contributed by atoms with Crippen molar-refractivity contribution in [1.29, 1.82) is 0 Å². The van der Waals surface area contributed by atoms with Crippen molar-refractivity contribution in [3.63, 3.8) is 0 Å². The highest BCUT2D eigenvalue weighted by molar-refractivity contribution is 5.38. The molecule has 0 radical (unpaired) electrons. The van der Waals surface area contributed by atoms with E-state index in [1.807, 2.05) is 12.3 Å². The van der Waals surface area contributed by atoms with Crippen LogP contribution in [0.5, 0.6) is 0 Å². The molecule has 1 atom stereocenters. The minimum absolute atomic E-state index is 0.628. The molecule has 4 heteroatoms. The zero-order valence-electron chi connectivity index (χ0n) is 12.9. The number of nitrogens with one attached hydrogen (secondary N) is 1. The number of pyridine rings is 1. The molecule has 0 aliphatic carbocycles. The minimum atomic E-state index is 0.628. The summed E-state index contributed by atoms with van der Waals surface area (Å²) in [5, 5.41) is 3.56. The molecule has 112 valence electrons. The van der Waals surface area contributed by atoms with Gasteiger partial charge in [0.05, 0.1) is 0 Å². The molecule has 1 saturated heterocycles. The monoisotopic (exact) mass is 276 g/mol. The normalized spacial score (nSPS) is 18.2. The minimum Gasteiger partial charge on any atom is -0.354 e. The van der Waals surface area contributed by atoms with Gasteiger partial charge in [0.15, 0.2) is 0 Å². The first-order valence-electron chi connectivity index (χ1n) is 7.91. The van der Waals surface area contributed by atoms with Gasteiger partial charge in [0.25, 0.3) is 0 Å². The molecular formula is C16H28N4. The first-order chi connectivity index (χ1) is 9.79. The largest absolute Gasteiger partial charge is 0.354 e. The van der Waals surface area contributed by atoms with Crippen LogP contribution >= 0.6 is 0 Å². The summed E-state index contributed by atoms with van der Waals surface area (Å²) in [7, 11) is 0. The summed E-state index contributed by atoms with van der Waals surface area (Å²) in [6.45, 7) is 11.3. The van der Waals surface area contributed by atoms with Crippen LogP contribution in [0.2, 0.25) is 0 Å². The molecule has 1 unspecified atom stereocenters. The summed E-state index contributed by atoms with van der Waals surface area (Å²) in [4.78, 5) is 9.39. The number of nitrogens with zero attached hydrogens (tertiary/aromatic N) is 3. The van der Waals surface area contributed by atoms with Crippen LogP contribution in [0.4, 0.5) is 5.82 Å². The summed E-state index contributed by atoms with van der Waals surface area (Å²) in [6, 6.07) is 6.77. The van der Waals surface area contributed by atoms with Gasteiger partial charge in [-0.1, -0.05) is 13.0 Å². The van der Waals surface area contributed by atoms with Crippen LogP contribution in [-0.2, 0) is 0 Å². The van der Waals surface area contributed by atoms with E-state index in [1.54, 1.807) is 0 Å². The lowest BCUT2D eigenvalue weighted by Gasteiger charge is -2.35. The fourth-order valence-electron chi connectivity index (χ4n) is 2.61. The molecule has 1 aliphatic rings. The molecule has 1 fully saturated rings. The van der Waals surface area contributed by atoms with Crippen molar-refractivity contribution >= 4 is 5.82 Å². The third-order valence-corrected chi connectivity index (χ3v) is 3.97. The Hall–Kier alpha value is -1.13. The predicted molar refractivity (Wildman–Crippen MR) is 85.3 cm³/mol. The van der Waals surface area contributed by atoms with E-state index in [1.165, 1.54) is 19.4 Å². The highest BCUT2D eigenvalue weighted by Crippen LogP contribution is 2.12. The van der Waals surface area contributed by atoms with Crippen molar-refractivity contribution in [2.24, 2.45) is 0 Å². The molecule has 1 aromatic rings. The van der Waals surface area contributed by atoms with Crippen molar-refractivity contribution in [3.05, 3.63) is 24.4 Å². The van der Waals surface area contributed by atoms with E-state index in [0.717, 1.165) is 38.5 Å². The standard InChI is InChI=1S/C16H28N4/c1-3-8-17-15(2)7-10-19-11-13-20(14-12-19)16-6-4-5-9-18-16/h4-6,9,15,17H,3,7-8,10-14H2,1-2H3. The number of rotatable bonds is 7. The zero-order chi connectivity index (χ0) is 14.2. The maximum atomic E-state index is 4.43. The number of hydrogen-bond acceptors (Lipinski definition) is 4. The van der Waals surface area contributed by atoms with Crippen LogP contribution in [0.3, 0.4) is 0 Å². The Labute approximate surface area is 123 Å². The Morgan fingerprint density at radius 1 is 1.25 bits per heavy atom. The Balaban J connectivity index is 1.67. The number of hydrogen-bond donors (Lipinski definition) is 1. The Kier molecular flexibility index (Phi) is 6.27. The van der Waals surface area contributed by atoms with E-state index in [2.05, 4.69) is 46.1 Å². The summed E-state index contributed by atoms with van der Waals surface area (Å²) in [5.41, 5.74) is 0. The molecule has 0 saturated carbocycles. The number of piperazine rings is 1. The fraction of sp³-hybridized carbons (Fsp3) is 0.688. The lowest BCUT2D eigenvalue weighted by Crippen LogP contribution is -2.47. The van der Waals surface area contributed by atoms with Gasteiger partial charge in [-0.15, -0.1) is 0 Å². The van der Waals surface area contributed by atoms with Crippen molar-refractivity contribution < 1.29 is 0 Å². The molecule has 20 heavy (non-hydrogen) atoms. The van der Waals surface area contributed by atoms with E-state index >= 15 is 0 Å². The highest BCUT2D eigenvalue weighted by Gasteiger charge is 2.17. The number of aromatic nitrogens is 1. The smallest absolute Gasteiger partial charge is 0.128 e. The third kappa shape index (κ3) is 4.76. The molecule has 0 bridgehead atoms. The molecule has 1 aliphatic heterocycles.